The monoisotopic (exact) mass is 498 g/mol. The minimum atomic E-state index is -0.661. The molecule has 7 nitrogen and oxygen atoms in total. The number of hydrogen-bond donors (Lipinski definition) is 2. The summed E-state index contributed by atoms with van der Waals surface area (Å²) in [5, 5.41) is 2.86. The summed E-state index contributed by atoms with van der Waals surface area (Å²) in [4.78, 5) is 27.0. The summed E-state index contributed by atoms with van der Waals surface area (Å²) in [5.74, 6) is -0.0163. The molecule has 1 aliphatic carbocycles. The second-order valence-corrected chi connectivity index (χ2v) is 10.5. The molecule has 0 unspecified atom stereocenters. The van der Waals surface area contributed by atoms with Gasteiger partial charge in [0.15, 0.2) is 0 Å². The molecule has 0 radical (unpaired) electrons. The van der Waals surface area contributed by atoms with E-state index in [4.69, 9.17) is 14.0 Å². The number of carbonyl (C=O) groups excluding carboxylic acids is 1. The van der Waals surface area contributed by atoms with Crippen LogP contribution in [0.2, 0.25) is 0 Å². The number of aromatic nitrogens is 1. The highest BCUT2D eigenvalue weighted by molar-refractivity contribution is 6.56. The van der Waals surface area contributed by atoms with E-state index < -0.39 is 24.4 Å². The molecule has 0 atom stereocenters. The van der Waals surface area contributed by atoms with E-state index in [0.717, 1.165) is 16.7 Å². The highest BCUT2D eigenvalue weighted by Gasteiger charge is 2.52. The summed E-state index contributed by atoms with van der Waals surface area (Å²) >= 11 is 0. The van der Waals surface area contributed by atoms with Gasteiger partial charge in [-0.3, -0.25) is 4.79 Å². The van der Waals surface area contributed by atoms with Crippen molar-refractivity contribution in [1.82, 2.24) is 10.3 Å². The van der Waals surface area contributed by atoms with Crippen LogP contribution in [-0.4, -0.2) is 42.5 Å². The van der Waals surface area contributed by atoms with Crippen LogP contribution < -0.4 is 10.9 Å². The number of rotatable bonds is 6. The lowest BCUT2D eigenvalue weighted by Crippen LogP contribution is -2.41. The molecular formula is C29H31BN2O5. The standard InChI is InChI=1S/C29H31BN2O5/c1-28(2)29(3,4)37-30(36-28)20(15-19-13-14-26(33)31-16-19)17-32-27(34)35-18-25-23-11-7-5-9-21(23)22-10-6-8-12-24(22)25/h5-16,25H,17-18H2,1-4H3,(H,31,33)(H,32,34). The van der Waals surface area contributed by atoms with Crippen molar-refractivity contribution >= 4 is 19.3 Å². The van der Waals surface area contributed by atoms with Crippen molar-refractivity contribution in [1.29, 1.82) is 0 Å². The van der Waals surface area contributed by atoms with E-state index in [1.165, 1.54) is 17.2 Å². The van der Waals surface area contributed by atoms with Crippen molar-refractivity contribution in [3.8, 4) is 11.1 Å². The first kappa shape index (κ1) is 25.1. The lowest BCUT2D eigenvalue weighted by atomic mass is 9.77. The van der Waals surface area contributed by atoms with Crippen LogP contribution in [0, 0.1) is 0 Å². The van der Waals surface area contributed by atoms with Crippen molar-refractivity contribution in [2.75, 3.05) is 13.2 Å². The predicted molar refractivity (Wildman–Crippen MR) is 144 cm³/mol. The SMILES string of the molecule is CC1(C)OB(C(=Cc2ccc(=O)[nH]c2)CNC(=O)OCC2c3ccccc3-c3ccccc32)OC1(C)C. The Morgan fingerprint density at radius 1 is 0.973 bits per heavy atom. The van der Waals surface area contributed by atoms with Crippen LogP contribution in [0.25, 0.3) is 17.2 Å². The van der Waals surface area contributed by atoms with Gasteiger partial charge in [0.2, 0.25) is 5.56 Å². The molecule has 8 heteroatoms. The van der Waals surface area contributed by atoms with E-state index in [0.29, 0.717) is 5.47 Å². The molecule has 3 aromatic rings. The third-order valence-electron chi connectivity index (χ3n) is 7.50. The fourth-order valence-electron chi connectivity index (χ4n) is 4.75. The summed E-state index contributed by atoms with van der Waals surface area (Å²) in [6.45, 7) is 8.29. The van der Waals surface area contributed by atoms with Crippen LogP contribution in [0.15, 0.2) is 77.1 Å². The minimum Gasteiger partial charge on any atom is -0.449 e. The number of benzene rings is 2. The molecule has 1 amide bonds. The van der Waals surface area contributed by atoms with Crippen LogP contribution in [0.4, 0.5) is 4.79 Å². The number of aromatic amines is 1. The first-order valence-electron chi connectivity index (χ1n) is 12.5. The number of ether oxygens (including phenoxy) is 1. The molecule has 0 spiro atoms. The van der Waals surface area contributed by atoms with Crippen LogP contribution in [-0.2, 0) is 14.0 Å². The van der Waals surface area contributed by atoms with E-state index in [-0.39, 0.29) is 24.6 Å². The lowest BCUT2D eigenvalue weighted by Gasteiger charge is -2.32. The van der Waals surface area contributed by atoms with Crippen molar-refractivity contribution in [2.24, 2.45) is 0 Å². The van der Waals surface area contributed by atoms with Crippen LogP contribution in [0.5, 0.6) is 0 Å². The third-order valence-corrected chi connectivity index (χ3v) is 7.50. The first-order chi connectivity index (χ1) is 17.6. The predicted octanol–water partition coefficient (Wildman–Crippen LogP) is 4.93. The van der Waals surface area contributed by atoms with E-state index >= 15 is 0 Å². The van der Waals surface area contributed by atoms with E-state index in [1.807, 2.05) is 58.0 Å². The van der Waals surface area contributed by atoms with Gasteiger partial charge in [0.25, 0.3) is 0 Å². The fraction of sp³-hybridized carbons (Fsp3) is 0.310. The number of pyridine rings is 1. The Labute approximate surface area is 217 Å². The van der Waals surface area contributed by atoms with Crippen molar-refractivity contribution in [3.63, 3.8) is 0 Å². The van der Waals surface area contributed by atoms with Gasteiger partial charge in [0.1, 0.15) is 6.61 Å². The second-order valence-electron chi connectivity index (χ2n) is 10.5. The van der Waals surface area contributed by atoms with Gasteiger partial charge in [0.05, 0.1) is 11.2 Å². The zero-order valence-corrected chi connectivity index (χ0v) is 21.5. The summed E-state index contributed by atoms with van der Waals surface area (Å²) in [6.07, 6.45) is 2.94. The summed E-state index contributed by atoms with van der Waals surface area (Å²) in [6, 6.07) is 19.6. The number of alkyl carbamates (subject to hydrolysis) is 1. The Balaban J connectivity index is 1.29. The van der Waals surface area contributed by atoms with Gasteiger partial charge in [-0.25, -0.2) is 4.79 Å². The average Bonchev–Trinajstić information content (AvgIpc) is 3.30. The quantitative estimate of drug-likeness (QED) is 0.471. The molecule has 1 aromatic heterocycles. The zero-order chi connectivity index (χ0) is 26.2. The highest BCUT2D eigenvalue weighted by atomic mass is 16.7. The van der Waals surface area contributed by atoms with Crippen molar-refractivity contribution in [2.45, 2.75) is 44.8 Å². The average molecular weight is 498 g/mol. The number of carbonyl (C=O) groups is 1. The van der Waals surface area contributed by atoms with E-state index in [2.05, 4.69) is 34.6 Å². The number of H-pyrrole nitrogens is 1. The van der Waals surface area contributed by atoms with Gasteiger partial charge in [-0.1, -0.05) is 54.6 Å². The molecule has 190 valence electrons. The van der Waals surface area contributed by atoms with Gasteiger partial charge >= 0.3 is 13.2 Å². The number of nitrogens with one attached hydrogen (secondary N) is 2. The van der Waals surface area contributed by atoms with Gasteiger partial charge in [0, 0.05) is 24.7 Å². The highest BCUT2D eigenvalue weighted by Crippen LogP contribution is 2.44. The second kappa shape index (κ2) is 9.69. The van der Waals surface area contributed by atoms with Crippen LogP contribution in [0.3, 0.4) is 0 Å². The molecule has 0 saturated carbocycles. The van der Waals surface area contributed by atoms with Crippen LogP contribution in [0.1, 0.15) is 50.3 Å². The Morgan fingerprint density at radius 2 is 1.57 bits per heavy atom. The summed E-state index contributed by atoms with van der Waals surface area (Å²) in [5.41, 5.74) is 4.89. The zero-order valence-electron chi connectivity index (χ0n) is 21.5. The summed E-state index contributed by atoms with van der Waals surface area (Å²) < 4.78 is 18.1. The normalized spacial score (nSPS) is 17.8. The topological polar surface area (TPSA) is 89.7 Å². The maximum Gasteiger partial charge on any atom is 0.492 e. The smallest absolute Gasteiger partial charge is 0.449 e. The van der Waals surface area contributed by atoms with Gasteiger partial charge < -0.3 is 24.3 Å². The van der Waals surface area contributed by atoms with Gasteiger partial charge in [-0.05, 0) is 67.1 Å². The first-order valence-corrected chi connectivity index (χ1v) is 12.5. The van der Waals surface area contributed by atoms with E-state index in [1.54, 1.807) is 12.3 Å². The molecule has 1 fully saturated rings. The van der Waals surface area contributed by atoms with Crippen LogP contribution >= 0.6 is 0 Å². The number of amides is 1. The molecule has 5 rings (SSSR count). The molecule has 2 aliphatic rings. The fourth-order valence-corrected chi connectivity index (χ4v) is 4.75. The molecule has 37 heavy (non-hydrogen) atoms. The van der Waals surface area contributed by atoms with Gasteiger partial charge in [-0.15, -0.1) is 0 Å². The Bertz CT molecular complexity index is 1330. The maximum absolute atomic E-state index is 12.8. The molecule has 1 saturated heterocycles. The molecule has 0 bridgehead atoms. The van der Waals surface area contributed by atoms with Crippen molar-refractivity contribution < 1.29 is 18.8 Å². The maximum atomic E-state index is 12.8. The number of hydrogen-bond acceptors (Lipinski definition) is 5. The molecule has 2 heterocycles. The third kappa shape index (κ3) is 4.99. The number of fused-ring (bicyclic) bond motifs is 3. The molecule has 1 aliphatic heterocycles. The lowest BCUT2D eigenvalue weighted by molar-refractivity contribution is 0.00578. The van der Waals surface area contributed by atoms with Gasteiger partial charge in [-0.2, -0.15) is 0 Å². The van der Waals surface area contributed by atoms with E-state index in [9.17, 15) is 9.59 Å². The Kier molecular flexibility index (Phi) is 6.56. The molecule has 2 aromatic carbocycles. The Hall–Kier alpha value is -3.62. The minimum absolute atomic E-state index is 0.0163. The van der Waals surface area contributed by atoms with Crippen molar-refractivity contribution in [3.05, 3.63) is 99.4 Å². The molecule has 2 N–H and O–H groups in total. The summed E-state index contributed by atoms with van der Waals surface area (Å²) in [7, 11) is -0.661. The largest absolute Gasteiger partial charge is 0.492 e. The Morgan fingerprint density at radius 3 is 2.14 bits per heavy atom. The molecular weight excluding hydrogens is 467 g/mol.